The topological polar surface area (TPSA) is 43.4 Å². The van der Waals surface area contributed by atoms with Gasteiger partial charge in [-0.15, -0.1) is 0 Å². The fourth-order valence-electron chi connectivity index (χ4n) is 1.01. The zero-order chi connectivity index (χ0) is 11.3. The Morgan fingerprint density at radius 2 is 1.93 bits per heavy atom. The Morgan fingerprint density at radius 3 is 2.47 bits per heavy atom. The molecule has 0 saturated carbocycles. The Balaban J connectivity index is 2.61. The van der Waals surface area contributed by atoms with Crippen LogP contribution in [0.1, 0.15) is 12.5 Å². The molecule has 1 aromatic rings. The molecule has 0 aromatic heterocycles. The van der Waals surface area contributed by atoms with Crippen LogP contribution in [-0.4, -0.2) is 15.0 Å². The summed E-state index contributed by atoms with van der Waals surface area (Å²) < 4.78 is 27.6. The smallest absolute Gasteiger partial charge is 0.265 e. The van der Waals surface area contributed by atoms with E-state index in [4.69, 9.17) is 4.18 Å². The van der Waals surface area contributed by atoms with Crippen LogP contribution in [0.3, 0.4) is 0 Å². The zero-order valence-corrected chi connectivity index (χ0v) is 9.46. The maximum atomic E-state index is 11.4. The van der Waals surface area contributed by atoms with Crippen LogP contribution in [0.5, 0.6) is 0 Å². The summed E-state index contributed by atoms with van der Waals surface area (Å²) in [6.45, 7) is 5.35. The lowest BCUT2D eigenvalue weighted by atomic mass is 10.2. The summed E-state index contributed by atoms with van der Waals surface area (Å²) >= 11 is 0. The first-order valence-electron chi connectivity index (χ1n) is 4.55. The second-order valence-corrected chi connectivity index (χ2v) is 5.05. The predicted molar refractivity (Wildman–Crippen MR) is 59.8 cm³/mol. The van der Waals surface area contributed by atoms with Crippen LogP contribution in [0.15, 0.2) is 42.5 Å². The normalized spacial score (nSPS) is 11.3. The van der Waals surface area contributed by atoms with Crippen LogP contribution in [0, 0.1) is 0 Å². The number of rotatable bonds is 5. The third kappa shape index (κ3) is 4.76. The highest BCUT2D eigenvalue weighted by molar-refractivity contribution is 7.85. The Labute approximate surface area is 90.5 Å². The molecule has 82 valence electrons. The van der Waals surface area contributed by atoms with E-state index in [1.54, 1.807) is 31.2 Å². The van der Waals surface area contributed by atoms with Gasteiger partial charge in [0.05, 0.1) is 6.61 Å². The van der Waals surface area contributed by atoms with Crippen LogP contribution >= 0.6 is 0 Å². The minimum Gasteiger partial charge on any atom is -0.265 e. The van der Waals surface area contributed by atoms with Crippen LogP contribution in [0.4, 0.5) is 0 Å². The summed E-state index contributed by atoms with van der Waals surface area (Å²) in [5.41, 5.74) is 1.41. The summed E-state index contributed by atoms with van der Waals surface area (Å²) in [7, 11) is -3.49. The molecule has 0 heterocycles. The molecular formula is C11H14O3S. The van der Waals surface area contributed by atoms with Crippen molar-refractivity contribution in [1.82, 2.24) is 0 Å². The van der Waals surface area contributed by atoms with E-state index < -0.39 is 10.1 Å². The number of benzene rings is 1. The lowest BCUT2D eigenvalue weighted by Gasteiger charge is -2.04. The molecule has 0 aliphatic rings. The van der Waals surface area contributed by atoms with E-state index in [-0.39, 0.29) is 12.4 Å². The van der Waals surface area contributed by atoms with Crippen molar-refractivity contribution < 1.29 is 12.6 Å². The van der Waals surface area contributed by atoms with Gasteiger partial charge in [-0.2, -0.15) is 8.42 Å². The van der Waals surface area contributed by atoms with Crippen molar-refractivity contribution in [1.29, 1.82) is 0 Å². The molecule has 0 radical (unpaired) electrons. The average molecular weight is 226 g/mol. The van der Waals surface area contributed by atoms with Gasteiger partial charge >= 0.3 is 0 Å². The Bertz CT molecular complexity index is 420. The minimum absolute atomic E-state index is 0.0508. The van der Waals surface area contributed by atoms with Gasteiger partial charge in [0.2, 0.25) is 0 Å². The maximum absolute atomic E-state index is 11.4. The molecule has 0 saturated heterocycles. The van der Waals surface area contributed by atoms with Gasteiger partial charge in [0.15, 0.2) is 0 Å². The molecular weight excluding hydrogens is 212 g/mol. The first kappa shape index (κ1) is 11.9. The Morgan fingerprint density at radius 1 is 1.33 bits per heavy atom. The lowest BCUT2D eigenvalue weighted by Crippen LogP contribution is -2.10. The summed E-state index contributed by atoms with van der Waals surface area (Å²) in [5, 5.41) is 0. The molecule has 1 rings (SSSR count). The Hall–Kier alpha value is -1.13. The van der Waals surface area contributed by atoms with Gasteiger partial charge in [-0.25, -0.2) is 0 Å². The number of hydrogen-bond acceptors (Lipinski definition) is 3. The van der Waals surface area contributed by atoms with E-state index in [0.29, 0.717) is 5.57 Å². The summed E-state index contributed by atoms with van der Waals surface area (Å²) in [6.07, 6.45) is 0. The van der Waals surface area contributed by atoms with E-state index >= 15 is 0 Å². The molecule has 0 fully saturated rings. The third-order valence-electron chi connectivity index (χ3n) is 1.67. The van der Waals surface area contributed by atoms with Crippen LogP contribution in [0.2, 0.25) is 0 Å². The quantitative estimate of drug-likeness (QED) is 0.570. The van der Waals surface area contributed by atoms with E-state index in [0.717, 1.165) is 5.56 Å². The molecule has 0 N–H and O–H groups in total. The van der Waals surface area contributed by atoms with Crippen molar-refractivity contribution >= 4 is 10.1 Å². The van der Waals surface area contributed by atoms with Gasteiger partial charge in [-0.05, 0) is 12.5 Å². The number of hydrogen-bond donors (Lipinski definition) is 0. The standard InChI is InChI=1S/C11H14O3S/c1-10(2)8-14-15(12,13)9-11-6-4-3-5-7-11/h3-7H,1,8-9H2,2H3. The van der Waals surface area contributed by atoms with Gasteiger partial charge in [-0.3, -0.25) is 4.18 Å². The van der Waals surface area contributed by atoms with E-state index in [1.165, 1.54) is 0 Å². The van der Waals surface area contributed by atoms with Crippen LogP contribution in [-0.2, 0) is 20.1 Å². The molecule has 15 heavy (non-hydrogen) atoms. The predicted octanol–water partition coefficient (Wildman–Crippen LogP) is 2.11. The van der Waals surface area contributed by atoms with Crippen molar-refractivity contribution in [3.05, 3.63) is 48.0 Å². The first-order valence-corrected chi connectivity index (χ1v) is 6.13. The molecule has 4 heteroatoms. The minimum atomic E-state index is -3.49. The van der Waals surface area contributed by atoms with E-state index in [1.807, 2.05) is 6.07 Å². The fraction of sp³-hybridized carbons (Fsp3) is 0.273. The SMILES string of the molecule is C=C(C)COS(=O)(=O)Cc1ccccc1. The largest absolute Gasteiger partial charge is 0.271 e. The van der Waals surface area contributed by atoms with Crippen molar-refractivity contribution in [2.75, 3.05) is 6.61 Å². The molecule has 0 aliphatic carbocycles. The molecule has 0 aliphatic heterocycles. The molecule has 0 unspecified atom stereocenters. The second kappa shape index (κ2) is 5.09. The highest BCUT2D eigenvalue weighted by Gasteiger charge is 2.11. The highest BCUT2D eigenvalue weighted by Crippen LogP contribution is 2.07. The van der Waals surface area contributed by atoms with E-state index in [9.17, 15) is 8.42 Å². The van der Waals surface area contributed by atoms with Gasteiger partial charge in [0.25, 0.3) is 10.1 Å². The fourth-order valence-corrected chi connectivity index (χ4v) is 2.08. The Kier molecular flexibility index (Phi) is 4.05. The molecule has 0 spiro atoms. The van der Waals surface area contributed by atoms with Gasteiger partial charge in [0.1, 0.15) is 5.75 Å². The van der Waals surface area contributed by atoms with Crippen LogP contribution in [0.25, 0.3) is 0 Å². The summed E-state index contributed by atoms with van der Waals surface area (Å²) in [5.74, 6) is -0.0961. The first-order chi connectivity index (χ1) is 6.99. The molecule has 3 nitrogen and oxygen atoms in total. The maximum Gasteiger partial charge on any atom is 0.271 e. The van der Waals surface area contributed by atoms with Crippen LogP contribution < -0.4 is 0 Å². The molecule has 1 aromatic carbocycles. The molecule has 0 atom stereocenters. The van der Waals surface area contributed by atoms with Crippen molar-refractivity contribution in [2.45, 2.75) is 12.7 Å². The average Bonchev–Trinajstić information content (AvgIpc) is 2.16. The summed E-state index contributed by atoms with van der Waals surface area (Å²) in [6, 6.07) is 8.93. The van der Waals surface area contributed by atoms with Crippen molar-refractivity contribution in [2.24, 2.45) is 0 Å². The monoisotopic (exact) mass is 226 g/mol. The molecule has 0 bridgehead atoms. The van der Waals surface area contributed by atoms with Gasteiger partial charge in [0, 0.05) is 0 Å². The lowest BCUT2D eigenvalue weighted by molar-refractivity contribution is 0.348. The highest BCUT2D eigenvalue weighted by atomic mass is 32.2. The van der Waals surface area contributed by atoms with Gasteiger partial charge < -0.3 is 0 Å². The third-order valence-corrected chi connectivity index (χ3v) is 2.84. The summed E-state index contributed by atoms with van der Waals surface area (Å²) in [4.78, 5) is 0. The second-order valence-electron chi connectivity index (χ2n) is 3.41. The molecule has 0 amide bonds. The van der Waals surface area contributed by atoms with Gasteiger partial charge in [-0.1, -0.05) is 42.5 Å². The van der Waals surface area contributed by atoms with Crippen molar-refractivity contribution in [3.8, 4) is 0 Å². The zero-order valence-electron chi connectivity index (χ0n) is 8.64. The van der Waals surface area contributed by atoms with Crippen molar-refractivity contribution in [3.63, 3.8) is 0 Å². The van der Waals surface area contributed by atoms with E-state index in [2.05, 4.69) is 6.58 Å².